The van der Waals surface area contributed by atoms with Crippen LogP contribution in [0.25, 0.3) is 62.0 Å². The number of aromatic nitrogens is 6. The van der Waals surface area contributed by atoms with E-state index in [-0.39, 0.29) is 11.3 Å². The Kier molecular flexibility index (Phi) is 15.2. The number of allylic oxidation sites excluding steroid dienone is 6. The highest BCUT2D eigenvalue weighted by Gasteiger charge is 2.47. The summed E-state index contributed by atoms with van der Waals surface area (Å²) in [6.45, 7) is 0. The van der Waals surface area contributed by atoms with E-state index < -0.39 is 10.8 Å². The third kappa shape index (κ3) is 10.5. The number of hydrogen-bond donors (Lipinski definition) is 1. The van der Waals surface area contributed by atoms with E-state index in [2.05, 4.69) is 222 Å². The summed E-state index contributed by atoms with van der Waals surface area (Å²) < 4.78 is 6.16. The molecule has 0 saturated heterocycles. The molecule has 2 heterocycles. The molecule has 16 rings (SSSR count). The largest absolute Gasteiger partial charge is 0.508 e. The van der Waals surface area contributed by atoms with Gasteiger partial charge in [-0.05, 0) is 115 Å². The van der Waals surface area contributed by atoms with Crippen LogP contribution in [-0.4, -0.2) is 35.0 Å². The molecule has 0 fully saturated rings. The summed E-state index contributed by atoms with van der Waals surface area (Å²) in [7, 11) is 0. The molecule has 13 aromatic rings. The second-order valence-electron chi connectivity index (χ2n) is 21.5. The van der Waals surface area contributed by atoms with Gasteiger partial charge in [0.05, 0.1) is 23.0 Å². The quantitative estimate of drug-likeness (QED) is 0.135. The van der Waals surface area contributed by atoms with Gasteiger partial charge in [-0.3, -0.25) is 0 Å². The SMILES string of the molecule is Clc1nc(C2=CC=[C+]C=C2)nc(-c2ccc3c(c2)C(c2ccccc2)(c2ccccc2)c2ccccc2-3)n1.Oc1ccccc1.c1ccc(Oc2nc(-c3ccccc3)nc(-c3ccc4c(c3)C(c3ccccc3)(c3ccccc3)c3ccccc3-4)n2)cc1. The highest BCUT2D eigenvalue weighted by Crippen LogP contribution is 2.58. The molecule has 3 aliphatic carbocycles. The van der Waals surface area contributed by atoms with Gasteiger partial charge in [-0.2, -0.15) is 19.9 Å². The van der Waals surface area contributed by atoms with Gasteiger partial charge in [0.15, 0.2) is 23.3 Å². The molecule has 0 bridgehead atoms. The Bertz CT molecular complexity index is 4680. The fourth-order valence-electron chi connectivity index (χ4n) is 12.6. The minimum Gasteiger partial charge on any atom is -0.508 e. The molecule has 0 aliphatic heterocycles. The molecular formula is C80H54ClN6O2+. The Morgan fingerprint density at radius 1 is 0.348 bits per heavy atom. The van der Waals surface area contributed by atoms with Crippen molar-refractivity contribution in [2.24, 2.45) is 0 Å². The van der Waals surface area contributed by atoms with Gasteiger partial charge >= 0.3 is 6.01 Å². The zero-order valence-corrected chi connectivity index (χ0v) is 48.8. The lowest BCUT2D eigenvalue weighted by Crippen LogP contribution is -2.28. The minimum atomic E-state index is -0.511. The van der Waals surface area contributed by atoms with Crippen LogP contribution in [0.15, 0.2) is 322 Å². The zero-order chi connectivity index (χ0) is 60.0. The lowest BCUT2D eigenvalue weighted by Gasteiger charge is -2.34. The predicted molar refractivity (Wildman–Crippen MR) is 355 cm³/mol. The number of rotatable bonds is 10. The lowest BCUT2D eigenvalue weighted by molar-refractivity contribution is 0.441. The third-order valence-corrected chi connectivity index (χ3v) is 16.5. The summed E-state index contributed by atoms with van der Waals surface area (Å²) in [5.74, 6) is 3.18. The summed E-state index contributed by atoms with van der Waals surface area (Å²) >= 11 is 6.42. The average molecular weight is 1170 g/mol. The van der Waals surface area contributed by atoms with Crippen molar-refractivity contribution in [2.75, 3.05) is 0 Å². The maximum atomic E-state index is 8.63. The van der Waals surface area contributed by atoms with Crippen LogP contribution in [0.3, 0.4) is 0 Å². The summed E-state index contributed by atoms with van der Waals surface area (Å²) in [5.41, 5.74) is 17.2. The number of benzene rings is 11. The van der Waals surface area contributed by atoms with Crippen molar-refractivity contribution in [3.8, 4) is 73.9 Å². The van der Waals surface area contributed by atoms with E-state index in [1.807, 2.05) is 91.0 Å². The van der Waals surface area contributed by atoms with E-state index in [1.54, 1.807) is 24.3 Å². The maximum Gasteiger partial charge on any atom is 0.326 e. The molecule has 0 radical (unpaired) electrons. The number of phenolic OH excluding ortho intramolecular Hbond substituents is 1. The Hall–Kier alpha value is -11.5. The Labute approximate surface area is 521 Å². The van der Waals surface area contributed by atoms with Crippen LogP contribution in [0.2, 0.25) is 5.28 Å². The van der Waals surface area contributed by atoms with Crippen LogP contribution >= 0.6 is 11.6 Å². The number of aromatic hydroxyl groups is 1. The minimum absolute atomic E-state index is 0.166. The molecule has 422 valence electrons. The second kappa shape index (κ2) is 24.4. The molecule has 1 N–H and O–H groups in total. The molecule has 2 aromatic heterocycles. The average Bonchev–Trinajstić information content (AvgIpc) is 1.63. The summed E-state index contributed by atoms with van der Waals surface area (Å²) in [6, 6.07) is 102. The first-order chi connectivity index (χ1) is 43.9. The highest BCUT2D eigenvalue weighted by molar-refractivity contribution is 6.28. The summed E-state index contributed by atoms with van der Waals surface area (Å²) in [6.07, 6.45) is 10.6. The molecule has 0 unspecified atom stereocenters. The van der Waals surface area contributed by atoms with Crippen molar-refractivity contribution in [3.05, 3.63) is 383 Å². The van der Waals surface area contributed by atoms with Crippen molar-refractivity contribution in [2.45, 2.75) is 10.8 Å². The van der Waals surface area contributed by atoms with Crippen LogP contribution < -0.4 is 4.74 Å². The van der Waals surface area contributed by atoms with Gasteiger partial charge in [0.1, 0.15) is 29.2 Å². The maximum absolute atomic E-state index is 8.63. The third-order valence-electron chi connectivity index (χ3n) is 16.4. The number of phenols is 1. The van der Waals surface area contributed by atoms with Crippen LogP contribution in [0, 0.1) is 6.08 Å². The molecule has 89 heavy (non-hydrogen) atoms. The first kappa shape index (κ1) is 55.3. The molecule has 8 nitrogen and oxygen atoms in total. The molecule has 3 aliphatic rings. The molecule has 11 aromatic carbocycles. The van der Waals surface area contributed by atoms with Crippen LogP contribution in [0.1, 0.15) is 50.3 Å². The van der Waals surface area contributed by atoms with Gasteiger partial charge in [0.2, 0.25) is 5.28 Å². The Balaban J connectivity index is 0.000000142. The number of halogens is 1. The van der Waals surface area contributed by atoms with Crippen LogP contribution in [0.5, 0.6) is 17.5 Å². The van der Waals surface area contributed by atoms with E-state index in [0.717, 1.165) is 22.3 Å². The van der Waals surface area contributed by atoms with Crippen molar-refractivity contribution < 1.29 is 9.84 Å². The monoisotopic (exact) mass is 1170 g/mol. The van der Waals surface area contributed by atoms with Crippen LogP contribution in [0.4, 0.5) is 0 Å². The van der Waals surface area contributed by atoms with E-state index in [9.17, 15) is 0 Å². The van der Waals surface area contributed by atoms with Crippen molar-refractivity contribution >= 4 is 17.2 Å². The van der Waals surface area contributed by atoms with Gasteiger partial charge in [0, 0.05) is 22.8 Å². The molecule has 0 saturated carbocycles. The normalized spacial score (nSPS) is 13.1. The summed E-state index contributed by atoms with van der Waals surface area (Å²) in [4.78, 5) is 28.3. The van der Waals surface area contributed by atoms with Crippen molar-refractivity contribution in [1.82, 2.24) is 29.9 Å². The predicted octanol–water partition coefficient (Wildman–Crippen LogP) is 18.6. The number of hydrogen-bond acceptors (Lipinski definition) is 8. The van der Waals surface area contributed by atoms with Gasteiger partial charge in [-0.15, -0.1) is 0 Å². The van der Waals surface area contributed by atoms with Gasteiger partial charge in [-0.25, -0.2) is 9.97 Å². The van der Waals surface area contributed by atoms with Gasteiger partial charge in [0.25, 0.3) is 0 Å². The smallest absolute Gasteiger partial charge is 0.326 e. The first-order valence-corrected chi connectivity index (χ1v) is 29.7. The van der Waals surface area contributed by atoms with Crippen molar-refractivity contribution in [3.63, 3.8) is 0 Å². The first-order valence-electron chi connectivity index (χ1n) is 29.3. The molecule has 0 spiro atoms. The number of para-hydroxylation sites is 2. The molecule has 0 amide bonds. The number of nitrogens with zero attached hydrogens (tertiary/aromatic N) is 6. The fourth-order valence-corrected chi connectivity index (χ4v) is 12.7. The lowest BCUT2D eigenvalue weighted by atomic mass is 9.67. The highest BCUT2D eigenvalue weighted by atomic mass is 35.5. The fraction of sp³-hybridized carbons (Fsp3) is 0.0250. The second-order valence-corrected chi connectivity index (χ2v) is 21.8. The molecular weight excluding hydrogens is 1110 g/mol. The van der Waals surface area contributed by atoms with Crippen LogP contribution in [-0.2, 0) is 10.8 Å². The van der Waals surface area contributed by atoms with Gasteiger partial charge < -0.3 is 9.84 Å². The zero-order valence-electron chi connectivity index (χ0n) is 48.0. The van der Waals surface area contributed by atoms with Gasteiger partial charge in [-0.1, -0.05) is 261 Å². The van der Waals surface area contributed by atoms with E-state index in [4.69, 9.17) is 41.4 Å². The number of ether oxygens (including phenoxy) is 1. The molecule has 9 heteroatoms. The summed E-state index contributed by atoms with van der Waals surface area (Å²) in [5, 5.41) is 8.80. The Morgan fingerprint density at radius 2 is 0.730 bits per heavy atom. The van der Waals surface area contributed by atoms with Crippen molar-refractivity contribution in [1.29, 1.82) is 0 Å². The van der Waals surface area contributed by atoms with E-state index >= 15 is 0 Å². The van der Waals surface area contributed by atoms with E-state index in [1.165, 1.54) is 66.8 Å². The Morgan fingerprint density at radius 3 is 1.18 bits per heavy atom. The number of fused-ring (bicyclic) bond motifs is 6. The molecule has 0 atom stereocenters. The van der Waals surface area contributed by atoms with E-state index in [0.29, 0.717) is 34.8 Å². The topological polar surface area (TPSA) is 107 Å². The standard InChI is InChI=1S/C40H27N3O.C34H21ClN3.C6H6O/c1-5-15-28(16-6-1)37-41-38(43-39(42-37)44-32-21-11-4-12-22-32)29-25-26-34-33-23-13-14-24-35(33)40(36(34)27-29,30-17-7-2-8-18-30)31-19-9-3-10-20-31;35-33-37-31(23-12-4-1-5-13-23)36-32(38-33)24-20-21-28-27-18-10-11-19-29(27)34(30(28)22-24,25-14-6-2-7-15-25)26-16-8-3-9-17-26;7-6-4-2-1-3-5-6/h1-27H;2-22H;1-5,7H/q;+1;.